The first-order valence-corrected chi connectivity index (χ1v) is 5.58. The van der Waals surface area contributed by atoms with Crippen molar-refractivity contribution < 1.29 is 19.8 Å². The van der Waals surface area contributed by atoms with Crippen LogP contribution in [0.25, 0.3) is 0 Å². The lowest BCUT2D eigenvalue weighted by Gasteiger charge is -2.11. The summed E-state index contributed by atoms with van der Waals surface area (Å²) in [6.45, 7) is 0. The smallest absolute Gasteiger partial charge is 0.337 e. The molecule has 0 aliphatic rings. The van der Waals surface area contributed by atoms with Crippen molar-refractivity contribution in [3.63, 3.8) is 0 Å². The molecule has 6 heteroatoms. The molecule has 1 atom stereocenters. The molecule has 0 aliphatic heterocycles. The average molecular weight is 268 g/mol. The zero-order valence-electron chi connectivity index (χ0n) is 9.26. The van der Waals surface area contributed by atoms with Crippen LogP contribution < -0.4 is 0 Å². The van der Waals surface area contributed by atoms with E-state index < -0.39 is 12.1 Å². The summed E-state index contributed by atoms with van der Waals surface area (Å²) in [6.07, 6.45) is -1.81. The van der Waals surface area contributed by atoms with Crippen molar-refractivity contribution in [1.82, 2.24) is 0 Å². The molecule has 0 spiro atoms. The van der Waals surface area contributed by atoms with Gasteiger partial charge in [0.25, 0.3) is 0 Å². The van der Waals surface area contributed by atoms with Gasteiger partial charge in [-0.15, -0.1) is 11.6 Å². The second-order valence-electron chi connectivity index (χ2n) is 3.52. The van der Waals surface area contributed by atoms with Crippen molar-refractivity contribution in [2.75, 3.05) is 5.88 Å². The lowest BCUT2D eigenvalue weighted by Crippen LogP contribution is -2.15. The standard InChI is InChI=1S/C12H10ClNO4/c13-4-3-10(15)8-2-1-7(6-14)5-9(8)11(16)12(17)18/h1-2,5,11,16H,3-4H2,(H,17,18). The van der Waals surface area contributed by atoms with Crippen LogP contribution in [0, 0.1) is 11.3 Å². The highest BCUT2D eigenvalue weighted by Crippen LogP contribution is 2.21. The van der Waals surface area contributed by atoms with Gasteiger partial charge in [0, 0.05) is 23.4 Å². The highest BCUT2D eigenvalue weighted by molar-refractivity contribution is 6.19. The number of nitriles is 1. The molecule has 0 heterocycles. The van der Waals surface area contributed by atoms with Crippen molar-refractivity contribution in [1.29, 1.82) is 5.26 Å². The number of hydrogen-bond donors (Lipinski definition) is 2. The molecule has 0 bridgehead atoms. The minimum absolute atomic E-state index is 0.0345. The number of rotatable bonds is 5. The van der Waals surface area contributed by atoms with Crippen LogP contribution in [0.15, 0.2) is 18.2 Å². The van der Waals surface area contributed by atoms with Crippen molar-refractivity contribution in [3.05, 3.63) is 34.9 Å². The van der Waals surface area contributed by atoms with Crippen LogP contribution in [0.1, 0.15) is 34.0 Å². The van der Waals surface area contributed by atoms with Crippen LogP contribution in [0.3, 0.4) is 0 Å². The average Bonchev–Trinajstić information content (AvgIpc) is 2.37. The minimum Gasteiger partial charge on any atom is -0.479 e. The van der Waals surface area contributed by atoms with E-state index in [4.69, 9.17) is 22.0 Å². The number of benzene rings is 1. The van der Waals surface area contributed by atoms with Gasteiger partial charge in [0.2, 0.25) is 0 Å². The van der Waals surface area contributed by atoms with E-state index in [1.165, 1.54) is 18.2 Å². The van der Waals surface area contributed by atoms with Crippen LogP contribution in [-0.2, 0) is 4.79 Å². The normalized spacial score (nSPS) is 11.6. The van der Waals surface area contributed by atoms with Gasteiger partial charge in [-0.1, -0.05) is 0 Å². The third kappa shape index (κ3) is 3.06. The Kier molecular flexibility index (Phi) is 4.84. The van der Waals surface area contributed by atoms with E-state index in [9.17, 15) is 14.7 Å². The van der Waals surface area contributed by atoms with Gasteiger partial charge in [-0.25, -0.2) is 4.79 Å². The number of carboxylic acid groups (broad SMARTS) is 1. The maximum absolute atomic E-state index is 11.7. The highest BCUT2D eigenvalue weighted by atomic mass is 35.5. The zero-order chi connectivity index (χ0) is 13.7. The maximum Gasteiger partial charge on any atom is 0.337 e. The van der Waals surface area contributed by atoms with E-state index in [1.54, 1.807) is 0 Å². The van der Waals surface area contributed by atoms with Gasteiger partial charge in [-0.05, 0) is 18.2 Å². The van der Waals surface area contributed by atoms with E-state index in [2.05, 4.69) is 0 Å². The predicted octanol–water partition coefficient (Wildman–Crippen LogP) is 1.49. The SMILES string of the molecule is N#Cc1ccc(C(=O)CCCl)c(C(O)C(=O)O)c1. The molecule has 1 unspecified atom stereocenters. The molecule has 1 rings (SSSR count). The maximum atomic E-state index is 11.7. The first kappa shape index (κ1) is 14.2. The topological polar surface area (TPSA) is 98.4 Å². The van der Waals surface area contributed by atoms with Gasteiger partial charge in [-0.2, -0.15) is 5.26 Å². The number of aliphatic hydroxyl groups is 1. The van der Waals surface area contributed by atoms with Gasteiger partial charge in [0.1, 0.15) is 0 Å². The Balaban J connectivity index is 3.29. The van der Waals surface area contributed by atoms with Gasteiger partial charge in [-0.3, -0.25) is 4.79 Å². The lowest BCUT2D eigenvalue weighted by molar-refractivity contribution is -0.146. The van der Waals surface area contributed by atoms with Crippen molar-refractivity contribution in [2.45, 2.75) is 12.5 Å². The number of carbonyl (C=O) groups is 2. The first-order valence-electron chi connectivity index (χ1n) is 5.05. The fourth-order valence-corrected chi connectivity index (χ4v) is 1.64. The van der Waals surface area contributed by atoms with Gasteiger partial charge in [0.05, 0.1) is 11.6 Å². The van der Waals surface area contributed by atoms with Gasteiger partial charge >= 0.3 is 5.97 Å². The van der Waals surface area contributed by atoms with E-state index in [-0.39, 0.29) is 34.8 Å². The molecule has 94 valence electrons. The number of ketones is 1. The molecule has 18 heavy (non-hydrogen) atoms. The number of aliphatic hydroxyl groups excluding tert-OH is 1. The largest absolute Gasteiger partial charge is 0.479 e. The van der Waals surface area contributed by atoms with Crippen LogP contribution >= 0.6 is 11.6 Å². The highest BCUT2D eigenvalue weighted by Gasteiger charge is 2.23. The summed E-state index contributed by atoms with van der Waals surface area (Å²) in [5.74, 6) is -1.75. The second-order valence-corrected chi connectivity index (χ2v) is 3.89. The lowest BCUT2D eigenvalue weighted by atomic mass is 9.96. The summed E-state index contributed by atoms with van der Waals surface area (Å²) in [7, 11) is 0. The predicted molar refractivity (Wildman–Crippen MR) is 63.4 cm³/mol. The molecule has 1 aromatic carbocycles. The number of Topliss-reactive ketones (excluding diaryl/α,β-unsaturated/α-hetero) is 1. The van der Waals surface area contributed by atoms with Crippen LogP contribution in [-0.4, -0.2) is 27.8 Å². The minimum atomic E-state index is -1.84. The fourth-order valence-electron chi connectivity index (χ4n) is 1.47. The summed E-state index contributed by atoms with van der Waals surface area (Å²) in [5.41, 5.74) is 0.161. The summed E-state index contributed by atoms with van der Waals surface area (Å²) < 4.78 is 0. The summed E-state index contributed by atoms with van der Waals surface area (Å²) in [4.78, 5) is 22.5. The number of nitrogens with zero attached hydrogens (tertiary/aromatic N) is 1. The van der Waals surface area contributed by atoms with Crippen molar-refractivity contribution in [2.24, 2.45) is 0 Å². The fraction of sp³-hybridized carbons (Fsp3) is 0.250. The van der Waals surface area contributed by atoms with Crippen molar-refractivity contribution >= 4 is 23.4 Å². The third-order valence-corrected chi connectivity index (χ3v) is 2.52. The number of carboxylic acids is 1. The van der Waals surface area contributed by atoms with Crippen LogP contribution in [0.4, 0.5) is 0 Å². The van der Waals surface area contributed by atoms with Crippen LogP contribution in [0.5, 0.6) is 0 Å². The van der Waals surface area contributed by atoms with Crippen LogP contribution in [0.2, 0.25) is 0 Å². The number of carbonyl (C=O) groups excluding carboxylic acids is 1. The molecule has 0 aliphatic carbocycles. The molecule has 0 saturated heterocycles. The third-order valence-electron chi connectivity index (χ3n) is 2.33. The second kappa shape index (κ2) is 6.15. The van der Waals surface area contributed by atoms with E-state index in [0.717, 1.165) is 0 Å². The Bertz CT molecular complexity index is 521. The molecule has 0 saturated carbocycles. The quantitative estimate of drug-likeness (QED) is 0.622. The van der Waals surface area contributed by atoms with E-state index in [0.29, 0.717) is 0 Å². The molecule has 1 aromatic rings. The summed E-state index contributed by atoms with van der Waals surface area (Å²) in [5, 5.41) is 27.0. The van der Waals surface area contributed by atoms with Gasteiger partial charge in [0.15, 0.2) is 11.9 Å². The molecule has 0 fully saturated rings. The van der Waals surface area contributed by atoms with E-state index in [1.807, 2.05) is 6.07 Å². The summed E-state index contributed by atoms with van der Waals surface area (Å²) in [6, 6.07) is 5.73. The Hall–Kier alpha value is -1.90. The van der Waals surface area contributed by atoms with E-state index >= 15 is 0 Å². The number of alkyl halides is 1. The summed E-state index contributed by atoms with van der Waals surface area (Å²) >= 11 is 5.45. The molecule has 5 nitrogen and oxygen atoms in total. The first-order chi connectivity index (χ1) is 8.51. The number of hydrogen-bond acceptors (Lipinski definition) is 4. The Morgan fingerprint density at radius 1 is 1.44 bits per heavy atom. The molecular formula is C12H10ClNO4. The monoisotopic (exact) mass is 267 g/mol. The molecule has 0 radical (unpaired) electrons. The zero-order valence-corrected chi connectivity index (χ0v) is 10.0. The Labute approximate surface area is 108 Å². The van der Waals surface area contributed by atoms with Gasteiger partial charge < -0.3 is 10.2 Å². The number of aliphatic carboxylic acids is 1. The molecule has 0 amide bonds. The molecular weight excluding hydrogens is 258 g/mol. The Morgan fingerprint density at radius 3 is 2.61 bits per heavy atom. The number of halogens is 1. The molecule has 2 N–H and O–H groups in total. The van der Waals surface area contributed by atoms with Crippen molar-refractivity contribution in [3.8, 4) is 6.07 Å². The molecule has 0 aromatic heterocycles. The Morgan fingerprint density at radius 2 is 2.11 bits per heavy atom.